The van der Waals surface area contributed by atoms with E-state index in [1.54, 1.807) is 23.2 Å². The number of methoxy groups -OCH3 is 1. The number of thioether (sulfide) groups is 1. The number of hydrogen-bond acceptors (Lipinski definition) is 6. The fourth-order valence-electron chi connectivity index (χ4n) is 2.89. The predicted octanol–water partition coefficient (Wildman–Crippen LogP) is 5.35. The van der Waals surface area contributed by atoms with Gasteiger partial charge in [0.15, 0.2) is 0 Å². The SMILES string of the molecule is CNCCCC1Sc2ccccc2N(c2cccc(OC)c2)S1(O)O.Cl. The molecule has 1 unspecified atom stereocenters. The molecular formula is C18H25ClN2O3S2. The number of hydrogen-bond donors (Lipinski definition) is 3. The molecule has 0 fully saturated rings. The Morgan fingerprint density at radius 2 is 1.96 bits per heavy atom. The molecule has 1 atom stereocenters. The number of benzene rings is 2. The molecule has 26 heavy (non-hydrogen) atoms. The molecule has 8 heteroatoms. The van der Waals surface area contributed by atoms with Gasteiger partial charge in [0.25, 0.3) is 0 Å². The van der Waals surface area contributed by atoms with Gasteiger partial charge in [-0.3, -0.25) is 9.11 Å². The molecule has 0 radical (unpaired) electrons. The molecule has 3 rings (SSSR count). The van der Waals surface area contributed by atoms with Crippen molar-refractivity contribution in [2.45, 2.75) is 22.3 Å². The zero-order valence-electron chi connectivity index (χ0n) is 14.8. The van der Waals surface area contributed by atoms with Crippen LogP contribution < -0.4 is 14.4 Å². The van der Waals surface area contributed by atoms with Crippen molar-refractivity contribution in [2.24, 2.45) is 0 Å². The molecule has 0 aromatic heterocycles. The third-order valence-electron chi connectivity index (χ3n) is 4.12. The van der Waals surface area contributed by atoms with Crippen molar-refractivity contribution in [1.82, 2.24) is 5.32 Å². The van der Waals surface area contributed by atoms with Crippen LogP contribution in [-0.4, -0.2) is 34.4 Å². The monoisotopic (exact) mass is 416 g/mol. The summed E-state index contributed by atoms with van der Waals surface area (Å²) in [6, 6.07) is 15.3. The van der Waals surface area contributed by atoms with Crippen LogP contribution in [0.3, 0.4) is 0 Å². The van der Waals surface area contributed by atoms with E-state index in [0.717, 1.165) is 35.7 Å². The number of fused-ring (bicyclic) bond motifs is 1. The maximum atomic E-state index is 11.1. The van der Waals surface area contributed by atoms with Gasteiger partial charge in [-0.15, -0.1) is 23.2 Å². The van der Waals surface area contributed by atoms with Crippen molar-refractivity contribution in [3.63, 3.8) is 0 Å². The second kappa shape index (κ2) is 9.21. The Kier molecular flexibility index (Phi) is 7.52. The molecule has 0 aliphatic carbocycles. The Morgan fingerprint density at radius 3 is 2.69 bits per heavy atom. The van der Waals surface area contributed by atoms with Gasteiger partial charge in [0.2, 0.25) is 0 Å². The Hall–Kier alpha value is -1.09. The molecule has 1 heterocycles. The molecule has 144 valence electrons. The van der Waals surface area contributed by atoms with Gasteiger partial charge in [-0.2, -0.15) is 0 Å². The molecule has 5 nitrogen and oxygen atoms in total. The molecular weight excluding hydrogens is 392 g/mol. The maximum absolute atomic E-state index is 11.1. The number of anilines is 2. The van der Waals surface area contributed by atoms with Crippen LogP contribution in [0.5, 0.6) is 5.75 Å². The Labute approximate surface area is 167 Å². The molecule has 0 saturated heterocycles. The zero-order valence-corrected chi connectivity index (χ0v) is 17.2. The van der Waals surface area contributed by atoms with Crippen LogP contribution in [0.1, 0.15) is 12.8 Å². The van der Waals surface area contributed by atoms with Gasteiger partial charge in [0.05, 0.1) is 18.5 Å². The van der Waals surface area contributed by atoms with Crippen molar-refractivity contribution >= 4 is 46.3 Å². The summed E-state index contributed by atoms with van der Waals surface area (Å²) in [5.41, 5.74) is 1.55. The summed E-state index contributed by atoms with van der Waals surface area (Å²) in [6.45, 7) is 0.855. The Bertz CT molecular complexity index is 733. The number of nitrogens with one attached hydrogen (secondary N) is 1. The van der Waals surface area contributed by atoms with E-state index in [0.29, 0.717) is 5.75 Å². The smallest absolute Gasteiger partial charge is 0.121 e. The highest BCUT2D eigenvalue weighted by Crippen LogP contribution is 2.65. The quantitative estimate of drug-likeness (QED) is 0.551. The average Bonchev–Trinajstić information content (AvgIpc) is 2.62. The first-order valence-electron chi connectivity index (χ1n) is 8.19. The van der Waals surface area contributed by atoms with Crippen molar-refractivity contribution in [3.8, 4) is 5.75 Å². The topological polar surface area (TPSA) is 65.0 Å². The lowest BCUT2D eigenvalue weighted by Gasteiger charge is -2.52. The van der Waals surface area contributed by atoms with Crippen LogP contribution >= 0.6 is 34.9 Å². The van der Waals surface area contributed by atoms with Crippen LogP contribution in [0.15, 0.2) is 53.4 Å². The minimum atomic E-state index is -3.02. The van der Waals surface area contributed by atoms with Gasteiger partial charge in [-0.25, -0.2) is 4.31 Å². The third kappa shape index (κ3) is 4.24. The molecule has 3 N–H and O–H groups in total. The fourth-order valence-corrected chi connectivity index (χ4v) is 6.63. The molecule has 1 aliphatic rings. The lowest BCUT2D eigenvalue weighted by atomic mass is 10.2. The van der Waals surface area contributed by atoms with Gasteiger partial charge in [0, 0.05) is 11.0 Å². The van der Waals surface area contributed by atoms with Crippen LogP contribution in [-0.2, 0) is 0 Å². The molecule has 2 aromatic rings. The van der Waals surface area contributed by atoms with Crippen LogP contribution in [0.25, 0.3) is 0 Å². The molecule has 0 spiro atoms. The number of para-hydroxylation sites is 1. The standard InChI is InChI=1S/C18H24N2O3S2.ClH/c1-19-12-6-11-18-24-17-10-4-3-9-16(17)20(25(18,21)22)14-7-5-8-15(13-14)23-2;/h3-5,7-10,13,18-19,21-22H,6,11-12H2,1-2H3;1H. The van der Waals surface area contributed by atoms with Crippen molar-refractivity contribution in [1.29, 1.82) is 0 Å². The first-order chi connectivity index (χ1) is 12.1. The molecule has 0 saturated carbocycles. The zero-order chi connectivity index (χ0) is 17.9. The minimum Gasteiger partial charge on any atom is -0.497 e. The van der Waals surface area contributed by atoms with E-state index in [4.69, 9.17) is 4.74 Å². The minimum absolute atomic E-state index is 0. The van der Waals surface area contributed by atoms with E-state index in [9.17, 15) is 9.11 Å². The Morgan fingerprint density at radius 1 is 1.19 bits per heavy atom. The number of halogens is 1. The summed E-state index contributed by atoms with van der Waals surface area (Å²) in [5.74, 6) is 0.690. The third-order valence-corrected chi connectivity index (χ3v) is 8.17. The number of nitrogens with zero attached hydrogens (tertiary/aromatic N) is 1. The summed E-state index contributed by atoms with van der Waals surface area (Å²) in [6.07, 6.45) is 1.61. The lowest BCUT2D eigenvalue weighted by Crippen LogP contribution is -2.33. The van der Waals surface area contributed by atoms with Gasteiger partial charge >= 0.3 is 0 Å². The van der Waals surface area contributed by atoms with E-state index < -0.39 is 10.8 Å². The lowest BCUT2D eigenvalue weighted by molar-refractivity contribution is 0.415. The average molecular weight is 417 g/mol. The molecule has 1 aliphatic heterocycles. The first kappa shape index (κ1) is 21.2. The largest absolute Gasteiger partial charge is 0.497 e. The first-order valence-corrected chi connectivity index (χ1v) is 10.6. The van der Waals surface area contributed by atoms with E-state index in [1.807, 2.05) is 55.6 Å². The predicted molar refractivity (Wildman–Crippen MR) is 114 cm³/mol. The van der Waals surface area contributed by atoms with E-state index in [1.165, 1.54) is 0 Å². The highest BCUT2D eigenvalue weighted by molar-refractivity contribution is 8.34. The Balaban J connectivity index is 0.00000243. The second-order valence-electron chi connectivity index (χ2n) is 5.82. The molecule has 2 aromatic carbocycles. The summed E-state index contributed by atoms with van der Waals surface area (Å²) < 4.78 is 29.0. The highest BCUT2D eigenvalue weighted by Gasteiger charge is 2.40. The van der Waals surface area contributed by atoms with Crippen molar-refractivity contribution in [3.05, 3.63) is 48.5 Å². The van der Waals surface area contributed by atoms with Gasteiger partial charge < -0.3 is 10.1 Å². The van der Waals surface area contributed by atoms with Crippen LogP contribution in [0, 0.1) is 0 Å². The van der Waals surface area contributed by atoms with Gasteiger partial charge in [-0.1, -0.05) is 30.0 Å². The summed E-state index contributed by atoms with van der Waals surface area (Å²) >= 11 is 1.56. The van der Waals surface area contributed by atoms with Crippen LogP contribution in [0.2, 0.25) is 0 Å². The second-order valence-corrected chi connectivity index (χ2v) is 9.42. The van der Waals surface area contributed by atoms with E-state index >= 15 is 0 Å². The highest BCUT2D eigenvalue weighted by atomic mass is 35.5. The normalized spacial score (nSPS) is 19.2. The summed E-state index contributed by atoms with van der Waals surface area (Å²) in [5, 5.41) is 3.12. The van der Waals surface area contributed by atoms with Crippen molar-refractivity contribution < 1.29 is 13.8 Å². The van der Waals surface area contributed by atoms with Crippen molar-refractivity contribution in [2.75, 3.05) is 25.0 Å². The van der Waals surface area contributed by atoms with Gasteiger partial charge in [0.1, 0.15) is 10.3 Å². The maximum Gasteiger partial charge on any atom is 0.121 e. The summed E-state index contributed by atoms with van der Waals surface area (Å²) in [7, 11) is 0.492. The number of ether oxygens (including phenoxy) is 1. The summed E-state index contributed by atoms with van der Waals surface area (Å²) in [4.78, 5) is 1.06. The van der Waals surface area contributed by atoms with Crippen LogP contribution in [0.4, 0.5) is 11.4 Å². The van der Waals surface area contributed by atoms with Gasteiger partial charge in [-0.05, 0) is 50.7 Å². The van der Waals surface area contributed by atoms with E-state index in [2.05, 4.69) is 5.32 Å². The molecule has 0 amide bonds. The fraction of sp³-hybridized carbons (Fsp3) is 0.333. The number of rotatable bonds is 6. The molecule has 0 bridgehead atoms. The van der Waals surface area contributed by atoms with E-state index in [-0.39, 0.29) is 17.0 Å².